The molecule has 0 aromatic heterocycles. The van der Waals surface area contributed by atoms with Crippen LogP contribution >= 0.6 is 0 Å². The molecule has 0 radical (unpaired) electrons. The largest absolute Gasteiger partial charge is 0.338 e. The van der Waals surface area contributed by atoms with Crippen LogP contribution in [0.2, 0.25) is 0 Å². The number of nitrogens with zero attached hydrogens (tertiary/aromatic N) is 3. The van der Waals surface area contributed by atoms with E-state index in [1.54, 1.807) is 13.8 Å². The molecule has 1 aliphatic rings. The summed E-state index contributed by atoms with van der Waals surface area (Å²) in [5.74, 6) is -0.292. The van der Waals surface area contributed by atoms with Crippen molar-refractivity contribution in [3.05, 3.63) is 0 Å². The van der Waals surface area contributed by atoms with Crippen LogP contribution in [0.25, 0.3) is 0 Å². The molecular formula is C12H21N5O2. The molecule has 1 rings (SSSR count). The van der Waals surface area contributed by atoms with Crippen LogP contribution in [0.15, 0.2) is 0 Å². The Morgan fingerprint density at radius 3 is 2.47 bits per heavy atom. The molecule has 3 amide bonds. The van der Waals surface area contributed by atoms with Gasteiger partial charge in [0.25, 0.3) is 0 Å². The monoisotopic (exact) mass is 267 g/mol. The van der Waals surface area contributed by atoms with Gasteiger partial charge in [-0.05, 0) is 13.8 Å². The van der Waals surface area contributed by atoms with Crippen LogP contribution in [-0.2, 0) is 4.79 Å². The van der Waals surface area contributed by atoms with Crippen molar-refractivity contribution in [3.63, 3.8) is 0 Å². The zero-order valence-corrected chi connectivity index (χ0v) is 11.5. The lowest BCUT2D eigenvalue weighted by Crippen LogP contribution is -2.55. The molecule has 0 aromatic carbocycles. The van der Waals surface area contributed by atoms with E-state index in [1.807, 2.05) is 9.80 Å². The van der Waals surface area contributed by atoms with Gasteiger partial charge in [-0.1, -0.05) is 0 Å². The normalized spacial score (nSPS) is 18.4. The summed E-state index contributed by atoms with van der Waals surface area (Å²) in [4.78, 5) is 27.2. The summed E-state index contributed by atoms with van der Waals surface area (Å²) >= 11 is 0. The molecule has 1 atom stereocenters. The van der Waals surface area contributed by atoms with Crippen LogP contribution in [0.5, 0.6) is 0 Å². The van der Waals surface area contributed by atoms with Gasteiger partial charge in [-0.3, -0.25) is 19.9 Å². The smallest absolute Gasteiger partial charge is 0.321 e. The third-order valence-electron chi connectivity index (χ3n) is 3.20. The predicted octanol–water partition coefficient (Wildman–Crippen LogP) is -0.638. The summed E-state index contributed by atoms with van der Waals surface area (Å²) in [6.07, 6.45) is 0. The predicted molar refractivity (Wildman–Crippen MR) is 70.3 cm³/mol. The second kappa shape index (κ2) is 7.71. The van der Waals surface area contributed by atoms with Gasteiger partial charge in [0.15, 0.2) is 0 Å². The maximum absolute atomic E-state index is 11.9. The quantitative estimate of drug-likeness (QED) is 0.662. The summed E-state index contributed by atoms with van der Waals surface area (Å²) in [5.41, 5.74) is 0. The molecule has 7 nitrogen and oxygen atoms in total. The van der Waals surface area contributed by atoms with E-state index >= 15 is 0 Å². The van der Waals surface area contributed by atoms with Gasteiger partial charge in [0.2, 0.25) is 5.91 Å². The molecule has 106 valence electrons. The Kier molecular flexibility index (Phi) is 6.25. The van der Waals surface area contributed by atoms with E-state index in [4.69, 9.17) is 5.26 Å². The third kappa shape index (κ3) is 4.85. The number of carbonyl (C=O) groups excluding carboxylic acids is 2. The third-order valence-corrected chi connectivity index (χ3v) is 3.20. The van der Waals surface area contributed by atoms with Crippen molar-refractivity contribution in [3.8, 4) is 6.07 Å². The lowest BCUT2D eigenvalue weighted by Gasteiger charge is -2.36. The molecule has 0 saturated carbocycles. The highest BCUT2D eigenvalue weighted by Gasteiger charge is 2.26. The lowest BCUT2D eigenvalue weighted by molar-refractivity contribution is -0.125. The molecule has 1 saturated heterocycles. The van der Waals surface area contributed by atoms with Crippen molar-refractivity contribution < 1.29 is 9.59 Å². The Morgan fingerprint density at radius 2 is 1.95 bits per heavy atom. The Balaban J connectivity index is 2.38. The molecule has 1 unspecified atom stereocenters. The average molecular weight is 267 g/mol. The first kappa shape index (κ1) is 15.4. The molecule has 7 heteroatoms. The van der Waals surface area contributed by atoms with Crippen LogP contribution in [-0.4, -0.2) is 67.0 Å². The van der Waals surface area contributed by atoms with Gasteiger partial charge in [-0.15, -0.1) is 0 Å². The number of imide groups is 1. The van der Waals surface area contributed by atoms with E-state index in [-0.39, 0.29) is 11.9 Å². The Hall–Kier alpha value is -1.65. The zero-order chi connectivity index (χ0) is 14.3. The highest BCUT2D eigenvalue weighted by Crippen LogP contribution is 2.06. The average Bonchev–Trinajstić information content (AvgIpc) is 2.39. The second-order valence-electron chi connectivity index (χ2n) is 4.49. The topological polar surface area (TPSA) is 88.5 Å². The number of carbonyl (C=O) groups is 2. The van der Waals surface area contributed by atoms with Crippen LogP contribution in [0.3, 0.4) is 0 Å². The molecule has 1 fully saturated rings. The van der Waals surface area contributed by atoms with Crippen LogP contribution in [0.4, 0.5) is 4.79 Å². The molecule has 0 aromatic rings. The van der Waals surface area contributed by atoms with E-state index in [9.17, 15) is 9.59 Å². The Bertz CT molecular complexity index is 358. The van der Waals surface area contributed by atoms with Crippen molar-refractivity contribution in [2.45, 2.75) is 19.9 Å². The van der Waals surface area contributed by atoms with Crippen LogP contribution in [0.1, 0.15) is 13.8 Å². The van der Waals surface area contributed by atoms with Crippen molar-refractivity contribution in [2.75, 3.05) is 39.3 Å². The maximum Gasteiger partial charge on any atom is 0.321 e. The maximum atomic E-state index is 11.9. The van der Waals surface area contributed by atoms with Crippen molar-refractivity contribution >= 4 is 11.9 Å². The SMILES string of the molecule is CCNC(=O)NC(=O)C(C)N1CCN(CC#N)CC1. The lowest BCUT2D eigenvalue weighted by atomic mass is 10.2. The molecule has 0 aliphatic carbocycles. The van der Waals surface area contributed by atoms with Crippen molar-refractivity contribution in [1.82, 2.24) is 20.4 Å². The molecule has 19 heavy (non-hydrogen) atoms. The number of hydrogen-bond acceptors (Lipinski definition) is 5. The molecule has 1 aliphatic heterocycles. The van der Waals surface area contributed by atoms with E-state index in [0.29, 0.717) is 13.1 Å². The number of nitriles is 1. The number of rotatable bonds is 4. The molecular weight excluding hydrogens is 246 g/mol. The zero-order valence-electron chi connectivity index (χ0n) is 11.5. The fraction of sp³-hybridized carbons (Fsp3) is 0.750. The van der Waals surface area contributed by atoms with Crippen molar-refractivity contribution in [1.29, 1.82) is 5.26 Å². The van der Waals surface area contributed by atoms with Gasteiger partial charge in [-0.2, -0.15) is 5.26 Å². The first-order chi connectivity index (χ1) is 9.08. The molecule has 1 heterocycles. The summed E-state index contributed by atoms with van der Waals surface area (Å²) in [7, 11) is 0. The number of amides is 3. The molecule has 0 spiro atoms. The minimum Gasteiger partial charge on any atom is -0.338 e. The second-order valence-corrected chi connectivity index (χ2v) is 4.49. The standard InChI is InChI=1S/C12H21N5O2/c1-3-14-12(19)15-11(18)10(2)17-8-6-16(5-4-13)7-9-17/h10H,3,5-9H2,1-2H3,(H2,14,15,18,19). The summed E-state index contributed by atoms with van der Waals surface area (Å²) in [6.45, 7) is 7.49. The van der Waals surface area contributed by atoms with E-state index in [0.717, 1.165) is 26.2 Å². The summed E-state index contributed by atoms with van der Waals surface area (Å²) in [6, 6.07) is 1.32. The van der Waals surface area contributed by atoms with Gasteiger partial charge in [0, 0.05) is 32.7 Å². The highest BCUT2D eigenvalue weighted by molar-refractivity contribution is 5.96. The number of piperazine rings is 1. The van der Waals surface area contributed by atoms with Gasteiger partial charge < -0.3 is 5.32 Å². The highest BCUT2D eigenvalue weighted by atomic mass is 16.2. The van der Waals surface area contributed by atoms with Crippen molar-refractivity contribution in [2.24, 2.45) is 0 Å². The number of hydrogen-bond donors (Lipinski definition) is 2. The summed E-state index contributed by atoms with van der Waals surface area (Å²) in [5, 5.41) is 13.5. The van der Waals surface area contributed by atoms with Crippen LogP contribution in [0, 0.1) is 11.3 Å². The molecule has 0 bridgehead atoms. The first-order valence-electron chi connectivity index (χ1n) is 6.50. The first-order valence-corrected chi connectivity index (χ1v) is 6.50. The van der Waals surface area contributed by atoms with E-state index in [2.05, 4.69) is 16.7 Å². The van der Waals surface area contributed by atoms with E-state index < -0.39 is 6.03 Å². The van der Waals surface area contributed by atoms with Gasteiger partial charge >= 0.3 is 6.03 Å². The van der Waals surface area contributed by atoms with E-state index in [1.165, 1.54) is 0 Å². The van der Waals surface area contributed by atoms with Gasteiger partial charge in [0.05, 0.1) is 18.7 Å². The minimum atomic E-state index is -0.456. The fourth-order valence-corrected chi connectivity index (χ4v) is 2.00. The Morgan fingerprint density at radius 1 is 1.32 bits per heavy atom. The molecule has 2 N–H and O–H groups in total. The van der Waals surface area contributed by atoms with Gasteiger partial charge in [0.1, 0.15) is 0 Å². The Labute approximate surface area is 113 Å². The fourth-order valence-electron chi connectivity index (χ4n) is 2.00. The van der Waals surface area contributed by atoms with Crippen LogP contribution < -0.4 is 10.6 Å². The minimum absolute atomic E-state index is 0.292. The summed E-state index contributed by atoms with van der Waals surface area (Å²) < 4.78 is 0. The number of nitrogens with one attached hydrogen (secondary N) is 2. The van der Waals surface area contributed by atoms with Gasteiger partial charge in [-0.25, -0.2) is 4.79 Å². The number of urea groups is 1.